The second-order valence-electron chi connectivity index (χ2n) is 20.8. The summed E-state index contributed by atoms with van der Waals surface area (Å²) in [6, 6.07) is 9.80. The maximum Gasteiger partial charge on any atom is 0.346 e. The predicted molar refractivity (Wildman–Crippen MR) is 237 cm³/mol. The van der Waals surface area contributed by atoms with Crippen LogP contribution in [-0.2, 0) is 58.4 Å². The largest absolute Gasteiger partial charge is 0.458 e. The summed E-state index contributed by atoms with van der Waals surface area (Å²) in [5.41, 5.74) is -3.13. The normalized spacial score (nSPS) is 26.5. The van der Waals surface area contributed by atoms with Crippen LogP contribution in [0.25, 0.3) is 0 Å². The van der Waals surface area contributed by atoms with Crippen molar-refractivity contribution in [2.75, 3.05) is 0 Å². The Morgan fingerprint density at radius 3 is 2.05 bits per heavy atom. The van der Waals surface area contributed by atoms with E-state index in [1.54, 1.807) is 47.6 Å². The van der Waals surface area contributed by atoms with Crippen LogP contribution in [0, 0.1) is 17.8 Å². The molecule has 2 saturated heterocycles. The van der Waals surface area contributed by atoms with Gasteiger partial charge in [0.15, 0.2) is 26.3 Å². The Hall–Kier alpha value is -3.36. The van der Waals surface area contributed by atoms with Crippen molar-refractivity contribution in [2.24, 2.45) is 17.8 Å². The number of rotatable bonds is 18. The fourth-order valence-electron chi connectivity index (χ4n) is 7.54. The van der Waals surface area contributed by atoms with Crippen molar-refractivity contribution in [3.63, 3.8) is 0 Å². The molecule has 4 unspecified atom stereocenters. The van der Waals surface area contributed by atoms with Crippen molar-refractivity contribution in [3.8, 4) is 0 Å². The number of aliphatic hydroxyl groups is 1. The predicted octanol–water partition coefficient (Wildman–Crippen LogP) is 8.97. The van der Waals surface area contributed by atoms with Crippen LogP contribution in [0.15, 0.2) is 54.6 Å². The average Bonchev–Trinajstić information content (AvgIpc) is 3.33. The first-order valence-electron chi connectivity index (χ1n) is 21.9. The number of hydrogen-bond donors (Lipinski definition) is 1. The summed E-state index contributed by atoms with van der Waals surface area (Å²) in [4.78, 5) is 55.7. The molecule has 2 fully saturated rings. The molecular weight excluding hydrogens is 797 g/mol. The Balaban J connectivity index is 2.31. The maximum atomic E-state index is 14.9. The molecule has 0 aliphatic carbocycles. The number of benzene rings is 1. The van der Waals surface area contributed by atoms with Crippen molar-refractivity contribution in [1.82, 2.24) is 0 Å². The smallest absolute Gasteiger partial charge is 0.346 e. The molecule has 0 amide bonds. The SMILES string of the molecule is C=C(CC[C@]12O[C@H](C(=O)OC(C)(C)C)[C@H](O)[C@](C(=O)OC(C)(C)C)(O1)[C@H](OC(=O)/C=C/C(C)CC(C)CC)[C@H]2O[Si](C)(C)C(C)(C)C)C(OC(C)=O)C(C)Cc1ccccc1. The zero-order valence-electron chi connectivity index (χ0n) is 39.8. The summed E-state index contributed by atoms with van der Waals surface area (Å²) in [7, 11) is -2.92. The van der Waals surface area contributed by atoms with Crippen LogP contribution in [0.4, 0.5) is 0 Å². The van der Waals surface area contributed by atoms with E-state index in [4.69, 9.17) is 32.8 Å². The molecule has 0 saturated carbocycles. The quantitative estimate of drug-likeness (QED) is 0.0493. The van der Waals surface area contributed by atoms with Gasteiger partial charge in [0, 0.05) is 25.3 Å². The van der Waals surface area contributed by atoms with Gasteiger partial charge in [-0.25, -0.2) is 14.4 Å². The van der Waals surface area contributed by atoms with Gasteiger partial charge in [-0.05, 0) is 102 Å². The van der Waals surface area contributed by atoms with E-state index in [9.17, 15) is 24.3 Å². The Bertz CT molecular complexity index is 1720. The molecule has 13 heteroatoms. The summed E-state index contributed by atoms with van der Waals surface area (Å²) >= 11 is 0. The van der Waals surface area contributed by atoms with Crippen LogP contribution < -0.4 is 0 Å². The topological polar surface area (TPSA) is 153 Å². The Morgan fingerprint density at radius 2 is 1.52 bits per heavy atom. The van der Waals surface area contributed by atoms with Gasteiger partial charge in [0.25, 0.3) is 0 Å². The number of esters is 4. The highest BCUT2D eigenvalue weighted by molar-refractivity contribution is 6.74. The number of carbonyl (C=O) groups is 4. The molecule has 2 bridgehead atoms. The molecule has 0 aromatic heterocycles. The lowest BCUT2D eigenvalue weighted by molar-refractivity contribution is -0.355. The van der Waals surface area contributed by atoms with Crippen molar-refractivity contribution >= 4 is 32.2 Å². The van der Waals surface area contributed by atoms with Gasteiger partial charge in [-0.15, -0.1) is 0 Å². The molecule has 61 heavy (non-hydrogen) atoms. The van der Waals surface area contributed by atoms with Gasteiger partial charge in [0.05, 0.1) is 0 Å². The van der Waals surface area contributed by atoms with Crippen molar-refractivity contribution in [1.29, 1.82) is 0 Å². The lowest BCUT2D eigenvalue weighted by Crippen LogP contribution is -2.68. The van der Waals surface area contributed by atoms with Crippen LogP contribution in [0.1, 0.15) is 128 Å². The highest BCUT2D eigenvalue weighted by atomic mass is 28.4. The first-order chi connectivity index (χ1) is 27.9. The number of hydrogen-bond acceptors (Lipinski definition) is 12. The fourth-order valence-corrected chi connectivity index (χ4v) is 8.83. The lowest BCUT2D eigenvalue weighted by atomic mass is 9.85. The van der Waals surface area contributed by atoms with E-state index < -0.39 is 90.3 Å². The molecule has 2 heterocycles. The van der Waals surface area contributed by atoms with Gasteiger partial charge in [-0.1, -0.05) is 97.9 Å². The summed E-state index contributed by atoms with van der Waals surface area (Å²) < 4.78 is 44.7. The van der Waals surface area contributed by atoms with Crippen molar-refractivity contribution in [3.05, 3.63) is 60.2 Å². The lowest BCUT2D eigenvalue weighted by Gasteiger charge is -2.47. The highest BCUT2D eigenvalue weighted by Crippen LogP contribution is 2.55. The molecule has 1 aromatic rings. The summed E-state index contributed by atoms with van der Waals surface area (Å²) in [6.07, 6.45) is -2.35. The van der Waals surface area contributed by atoms with Crippen LogP contribution in [0.5, 0.6) is 0 Å². The number of aliphatic hydroxyl groups excluding tert-OH is 1. The van der Waals surface area contributed by atoms with E-state index in [1.165, 1.54) is 13.0 Å². The standard InChI is InChI=1S/C48H76O12Si/c1-18-30(2)28-31(3)24-25-36(50)55-41-40(59-61(16,17)46(13,14)15)47(27-26-32(4)37(54-34(6)49)33(5)29-35-22-20-19-21-23-35)56-38(42(52)57-44(7,8)9)39(51)48(41,60-47)43(53)58-45(10,11)12/h19-25,30-31,33,37-41,51H,4,18,26-29H2,1-3,5-17H3/b25-24+/t30?,31?,33?,37?,38-,39-,40+,41+,47-,48-/m0/s1. The molecule has 12 nitrogen and oxygen atoms in total. The third kappa shape index (κ3) is 13.3. The first-order valence-corrected chi connectivity index (χ1v) is 24.8. The maximum absolute atomic E-state index is 14.9. The van der Waals surface area contributed by atoms with Gasteiger partial charge in [-0.3, -0.25) is 4.79 Å². The molecule has 0 spiro atoms. The van der Waals surface area contributed by atoms with E-state index in [0.29, 0.717) is 17.9 Å². The summed E-state index contributed by atoms with van der Waals surface area (Å²) in [5, 5.41) is 12.0. The van der Waals surface area contributed by atoms with Gasteiger partial charge in [-0.2, -0.15) is 0 Å². The van der Waals surface area contributed by atoms with Crippen LogP contribution in [0.2, 0.25) is 18.1 Å². The minimum atomic E-state index is -2.92. The summed E-state index contributed by atoms with van der Waals surface area (Å²) in [6.45, 7) is 34.0. The molecule has 1 N–H and O–H groups in total. The second kappa shape index (κ2) is 20.0. The number of allylic oxidation sites excluding steroid dienone is 1. The number of carbonyl (C=O) groups excluding carboxylic acids is 4. The molecule has 0 radical (unpaired) electrons. The molecule has 344 valence electrons. The van der Waals surface area contributed by atoms with Gasteiger partial charge >= 0.3 is 23.9 Å². The minimum Gasteiger partial charge on any atom is -0.458 e. The highest BCUT2D eigenvalue weighted by Gasteiger charge is 2.79. The van der Waals surface area contributed by atoms with E-state index in [2.05, 4.69) is 20.4 Å². The van der Waals surface area contributed by atoms with Crippen LogP contribution in [-0.4, -0.2) is 90.4 Å². The minimum absolute atomic E-state index is 0.0259. The van der Waals surface area contributed by atoms with Crippen LogP contribution in [0.3, 0.4) is 0 Å². The Labute approximate surface area is 366 Å². The third-order valence-electron chi connectivity index (χ3n) is 11.8. The zero-order chi connectivity index (χ0) is 46.5. The third-order valence-corrected chi connectivity index (χ3v) is 16.2. The van der Waals surface area contributed by atoms with E-state index >= 15 is 0 Å². The first kappa shape index (κ1) is 52.0. The van der Waals surface area contributed by atoms with E-state index in [-0.39, 0.29) is 24.7 Å². The molecule has 1 aromatic carbocycles. The second-order valence-corrected chi connectivity index (χ2v) is 25.6. The van der Waals surface area contributed by atoms with Gasteiger partial charge in [0.1, 0.15) is 29.5 Å². The van der Waals surface area contributed by atoms with Gasteiger partial charge in [0.2, 0.25) is 5.60 Å². The number of ether oxygens (including phenoxy) is 6. The molecule has 10 atom stereocenters. The Kier molecular flexibility index (Phi) is 17.0. The molecular formula is C48H76O12Si. The van der Waals surface area contributed by atoms with Crippen LogP contribution >= 0.6 is 0 Å². The van der Waals surface area contributed by atoms with E-state index in [0.717, 1.165) is 18.4 Å². The molecule has 2 aliphatic rings. The average molecular weight is 873 g/mol. The zero-order valence-corrected chi connectivity index (χ0v) is 40.8. The Morgan fingerprint density at radius 1 is 0.934 bits per heavy atom. The number of fused-ring (bicyclic) bond motifs is 2. The van der Waals surface area contributed by atoms with E-state index in [1.807, 2.05) is 78.0 Å². The summed E-state index contributed by atoms with van der Waals surface area (Å²) in [5.74, 6) is -5.16. The molecule has 3 rings (SSSR count). The fraction of sp³-hybridized carbons (Fsp3) is 0.708. The van der Waals surface area contributed by atoms with Crippen molar-refractivity contribution < 1.29 is 57.1 Å². The molecule has 2 aliphatic heterocycles. The van der Waals surface area contributed by atoms with Gasteiger partial charge < -0.3 is 38.0 Å². The van der Waals surface area contributed by atoms with Crippen molar-refractivity contribution in [2.45, 2.75) is 200 Å². The monoisotopic (exact) mass is 873 g/mol.